The minimum absolute atomic E-state index is 0.231. The molecule has 3 N–H and O–H groups in total. The SMILES string of the molecule is COc1c2c3c(cc(O)c(O)c3c3ccccc13)C(=O)N2. The fourth-order valence-corrected chi connectivity index (χ4v) is 3.02. The van der Waals surface area contributed by atoms with Gasteiger partial charge in [-0.25, -0.2) is 0 Å². The molecule has 0 spiro atoms. The van der Waals surface area contributed by atoms with Crippen LogP contribution in [0.25, 0.3) is 21.5 Å². The number of ether oxygens (including phenoxy) is 1. The third-order valence-corrected chi connectivity index (χ3v) is 3.89. The third kappa shape index (κ3) is 1.32. The molecule has 0 saturated heterocycles. The van der Waals surface area contributed by atoms with E-state index in [0.717, 1.165) is 10.8 Å². The van der Waals surface area contributed by atoms with E-state index in [9.17, 15) is 15.0 Å². The normalized spacial score (nSPS) is 12.9. The lowest BCUT2D eigenvalue weighted by molar-refractivity contribution is 0.103. The smallest absolute Gasteiger partial charge is 0.256 e. The van der Waals surface area contributed by atoms with Crippen LogP contribution in [0.4, 0.5) is 5.69 Å². The van der Waals surface area contributed by atoms with E-state index in [2.05, 4.69) is 5.32 Å². The van der Waals surface area contributed by atoms with Crippen LogP contribution < -0.4 is 10.1 Å². The minimum Gasteiger partial charge on any atom is -0.504 e. The number of phenols is 2. The zero-order valence-electron chi connectivity index (χ0n) is 11.1. The summed E-state index contributed by atoms with van der Waals surface area (Å²) in [5.74, 6) is -0.310. The van der Waals surface area contributed by atoms with Crippen molar-refractivity contribution in [3.63, 3.8) is 0 Å². The first-order valence-corrected chi connectivity index (χ1v) is 6.42. The standard InChI is InChI=1S/C16H11NO4/c1-21-15-8-5-3-2-4-7(8)12-11-9(6-10(18)14(12)19)16(20)17-13(11)15/h2-6,18-19H,1H3,(H,17,20). The van der Waals surface area contributed by atoms with Crippen molar-refractivity contribution in [1.29, 1.82) is 0 Å². The van der Waals surface area contributed by atoms with Crippen LogP contribution in [0.5, 0.6) is 17.2 Å². The van der Waals surface area contributed by atoms with E-state index in [1.807, 2.05) is 24.3 Å². The molecule has 4 rings (SSSR count). The number of rotatable bonds is 1. The molecule has 3 aromatic carbocycles. The third-order valence-electron chi connectivity index (χ3n) is 3.89. The number of carbonyl (C=O) groups excluding carboxylic acids is 1. The van der Waals surface area contributed by atoms with Crippen molar-refractivity contribution in [2.75, 3.05) is 12.4 Å². The zero-order chi connectivity index (χ0) is 14.7. The van der Waals surface area contributed by atoms with Crippen LogP contribution in [0.1, 0.15) is 10.4 Å². The Hall–Kier alpha value is -2.95. The Morgan fingerprint density at radius 2 is 1.81 bits per heavy atom. The van der Waals surface area contributed by atoms with Gasteiger partial charge in [0.15, 0.2) is 17.2 Å². The summed E-state index contributed by atoms with van der Waals surface area (Å²) in [7, 11) is 1.54. The van der Waals surface area contributed by atoms with E-state index in [4.69, 9.17) is 4.74 Å². The molecule has 0 fully saturated rings. The maximum atomic E-state index is 12.1. The summed E-state index contributed by atoms with van der Waals surface area (Å²) in [5, 5.41) is 25.4. The van der Waals surface area contributed by atoms with E-state index in [-0.39, 0.29) is 17.4 Å². The molecule has 1 aliphatic rings. The molecule has 0 unspecified atom stereocenters. The predicted molar refractivity (Wildman–Crippen MR) is 79.3 cm³/mol. The van der Waals surface area contributed by atoms with Crippen molar-refractivity contribution >= 4 is 33.1 Å². The molecule has 5 nitrogen and oxygen atoms in total. The number of methoxy groups -OCH3 is 1. The van der Waals surface area contributed by atoms with Crippen molar-refractivity contribution in [3.8, 4) is 17.2 Å². The van der Waals surface area contributed by atoms with Gasteiger partial charge in [-0.15, -0.1) is 0 Å². The van der Waals surface area contributed by atoms with Crippen LogP contribution in [0.3, 0.4) is 0 Å². The van der Waals surface area contributed by atoms with Crippen LogP contribution in [0.15, 0.2) is 30.3 Å². The Morgan fingerprint density at radius 1 is 1.10 bits per heavy atom. The Bertz CT molecular complexity index is 946. The quantitative estimate of drug-likeness (QED) is 0.473. The van der Waals surface area contributed by atoms with Gasteiger partial charge < -0.3 is 20.3 Å². The molecular weight excluding hydrogens is 270 g/mol. The molecule has 104 valence electrons. The maximum Gasteiger partial charge on any atom is 0.256 e. The lowest BCUT2D eigenvalue weighted by atomic mass is 9.96. The van der Waals surface area contributed by atoms with Crippen LogP contribution in [-0.2, 0) is 0 Å². The number of amides is 1. The van der Waals surface area contributed by atoms with E-state index in [1.54, 1.807) is 0 Å². The van der Waals surface area contributed by atoms with Gasteiger partial charge >= 0.3 is 0 Å². The number of phenolic OH excluding ortho intramolecular Hbond substituents is 2. The van der Waals surface area contributed by atoms with Gasteiger partial charge in [-0.05, 0) is 11.5 Å². The molecule has 0 saturated carbocycles. The second-order valence-electron chi connectivity index (χ2n) is 4.95. The molecular formula is C16H11NO4. The Balaban J connectivity index is 2.39. The number of nitrogens with one attached hydrogen (secondary N) is 1. The first-order chi connectivity index (χ1) is 10.1. The summed E-state index contributed by atoms with van der Waals surface area (Å²) in [6, 6.07) is 8.62. The highest BCUT2D eigenvalue weighted by molar-refractivity contribution is 6.32. The fraction of sp³-hybridized carbons (Fsp3) is 0.0625. The molecule has 0 aromatic heterocycles. The monoisotopic (exact) mass is 281 g/mol. The van der Waals surface area contributed by atoms with Gasteiger partial charge in [0.25, 0.3) is 5.91 Å². The lowest BCUT2D eigenvalue weighted by Crippen LogP contribution is -2.04. The fourth-order valence-electron chi connectivity index (χ4n) is 3.02. The molecule has 0 aliphatic carbocycles. The summed E-state index contributed by atoms with van der Waals surface area (Å²) in [6.07, 6.45) is 0. The highest BCUT2D eigenvalue weighted by Gasteiger charge is 2.30. The first kappa shape index (κ1) is 11.8. The largest absolute Gasteiger partial charge is 0.504 e. The Kier molecular flexibility index (Phi) is 2.14. The van der Waals surface area contributed by atoms with Crippen molar-refractivity contribution in [2.45, 2.75) is 0 Å². The molecule has 0 bridgehead atoms. The first-order valence-electron chi connectivity index (χ1n) is 6.42. The Labute approximate surface area is 119 Å². The van der Waals surface area contributed by atoms with Gasteiger partial charge in [-0.3, -0.25) is 4.79 Å². The van der Waals surface area contributed by atoms with E-state index >= 15 is 0 Å². The van der Waals surface area contributed by atoms with Gasteiger partial charge in [0.05, 0.1) is 18.4 Å². The highest BCUT2D eigenvalue weighted by Crippen LogP contribution is 2.51. The summed E-state index contributed by atoms with van der Waals surface area (Å²) in [5.41, 5.74) is 0.862. The summed E-state index contributed by atoms with van der Waals surface area (Å²) in [4.78, 5) is 12.1. The number of anilines is 1. The minimum atomic E-state index is -0.320. The van der Waals surface area contributed by atoms with Crippen molar-refractivity contribution in [2.24, 2.45) is 0 Å². The van der Waals surface area contributed by atoms with Crippen molar-refractivity contribution in [3.05, 3.63) is 35.9 Å². The molecule has 5 heteroatoms. The number of fused-ring (bicyclic) bond motifs is 2. The number of hydrogen-bond donors (Lipinski definition) is 3. The van der Waals surface area contributed by atoms with E-state index < -0.39 is 0 Å². The van der Waals surface area contributed by atoms with Crippen LogP contribution in [0, 0.1) is 0 Å². The summed E-state index contributed by atoms with van der Waals surface area (Å²) >= 11 is 0. The predicted octanol–water partition coefficient (Wildman–Crippen LogP) is 2.98. The molecule has 1 heterocycles. The van der Waals surface area contributed by atoms with Gasteiger partial charge in [-0.2, -0.15) is 0 Å². The topological polar surface area (TPSA) is 78.8 Å². The molecule has 0 radical (unpaired) electrons. The van der Waals surface area contributed by atoms with Gasteiger partial charge in [0.1, 0.15) is 0 Å². The Morgan fingerprint density at radius 3 is 2.52 bits per heavy atom. The van der Waals surface area contributed by atoms with Crippen LogP contribution in [0.2, 0.25) is 0 Å². The van der Waals surface area contributed by atoms with Gasteiger partial charge in [-0.1, -0.05) is 24.3 Å². The zero-order valence-corrected chi connectivity index (χ0v) is 11.1. The number of benzene rings is 3. The van der Waals surface area contributed by atoms with E-state index in [0.29, 0.717) is 27.8 Å². The molecule has 21 heavy (non-hydrogen) atoms. The molecule has 3 aromatic rings. The highest BCUT2D eigenvalue weighted by atomic mass is 16.5. The summed E-state index contributed by atoms with van der Waals surface area (Å²) in [6.45, 7) is 0. The van der Waals surface area contributed by atoms with Crippen LogP contribution >= 0.6 is 0 Å². The second kappa shape index (κ2) is 3.79. The average Bonchev–Trinajstić information content (AvgIpc) is 2.80. The van der Waals surface area contributed by atoms with Crippen LogP contribution in [-0.4, -0.2) is 23.2 Å². The van der Waals surface area contributed by atoms with Gasteiger partial charge in [0, 0.05) is 16.2 Å². The lowest BCUT2D eigenvalue weighted by Gasteiger charge is -2.13. The summed E-state index contributed by atoms with van der Waals surface area (Å²) < 4.78 is 5.45. The van der Waals surface area contributed by atoms with Crippen molar-refractivity contribution < 1.29 is 19.7 Å². The molecule has 0 atom stereocenters. The molecule has 1 amide bonds. The second-order valence-corrected chi connectivity index (χ2v) is 4.95. The van der Waals surface area contributed by atoms with Crippen molar-refractivity contribution in [1.82, 2.24) is 0 Å². The number of hydrogen-bond acceptors (Lipinski definition) is 4. The maximum absolute atomic E-state index is 12.1. The molecule has 1 aliphatic heterocycles. The number of carbonyl (C=O) groups is 1. The van der Waals surface area contributed by atoms with E-state index in [1.165, 1.54) is 13.2 Å². The average molecular weight is 281 g/mol. The number of aromatic hydroxyl groups is 2. The van der Waals surface area contributed by atoms with Gasteiger partial charge in [0.2, 0.25) is 0 Å².